The predicted molar refractivity (Wildman–Crippen MR) is 65.0 cm³/mol. The van der Waals surface area contributed by atoms with Gasteiger partial charge in [-0.2, -0.15) is 4.31 Å². The molecule has 1 aliphatic heterocycles. The van der Waals surface area contributed by atoms with Gasteiger partial charge < -0.3 is 9.29 Å². The molecule has 0 bridgehead atoms. The van der Waals surface area contributed by atoms with Gasteiger partial charge in [0.1, 0.15) is 21.7 Å². The van der Waals surface area contributed by atoms with Gasteiger partial charge in [0.05, 0.1) is 11.5 Å². The van der Waals surface area contributed by atoms with Gasteiger partial charge >= 0.3 is 51.4 Å². The number of nitrogens with zero attached hydrogens (tertiary/aromatic N) is 1. The molecule has 1 fully saturated rings. The maximum atomic E-state index is 10.9. The van der Waals surface area contributed by atoms with Crippen molar-refractivity contribution in [3.63, 3.8) is 0 Å². The summed E-state index contributed by atoms with van der Waals surface area (Å²) in [5, 5.41) is 0. The third kappa shape index (κ3) is 5.35. The summed E-state index contributed by atoms with van der Waals surface area (Å²) >= 11 is 0. The van der Waals surface area contributed by atoms with E-state index in [0.29, 0.717) is 25.3 Å². The first-order valence-corrected chi connectivity index (χ1v) is 8.47. The van der Waals surface area contributed by atoms with Crippen LogP contribution in [0.15, 0.2) is 29.2 Å². The normalized spacial score (nSPS) is 19.9. The van der Waals surface area contributed by atoms with Crippen molar-refractivity contribution < 1.29 is 77.5 Å². The first kappa shape index (κ1) is 18.5. The Kier molecular flexibility index (Phi) is 6.63. The molecule has 1 aliphatic rings. The number of sulfonamides is 1. The molecule has 0 aliphatic carbocycles. The second-order valence-electron chi connectivity index (χ2n) is 4.04. The molecular formula is C10H12KNO6S2. The van der Waals surface area contributed by atoms with Crippen LogP contribution in [0.4, 0.5) is 0 Å². The molecule has 106 valence electrons. The monoisotopic (exact) mass is 345 g/mol. The summed E-state index contributed by atoms with van der Waals surface area (Å²) in [5.41, 5.74) is 0. The van der Waals surface area contributed by atoms with Crippen molar-refractivity contribution in [3.8, 4) is 5.75 Å². The summed E-state index contributed by atoms with van der Waals surface area (Å²) in [6.07, 6.45) is 0.542. The van der Waals surface area contributed by atoms with Crippen molar-refractivity contribution in [2.45, 2.75) is 11.3 Å². The molecule has 1 aromatic rings. The van der Waals surface area contributed by atoms with Crippen LogP contribution in [0.1, 0.15) is 6.42 Å². The van der Waals surface area contributed by atoms with Crippen molar-refractivity contribution in [2.75, 3.05) is 19.0 Å². The van der Waals surface area contributed by atoms with Gasteiger partial charge in [0, 0.05) is 6.54 Å². The predicted octanol–water partition coefficient (Wildman–Crippen LogP) is -3.03. The molecule has 0 N–H and O–H groups in total. The topological polar surface area (TPSA) is 104 Å². The van der Waals surface area contributed by atoms with Crippen molar-refractivity contribution in [2.24, 2.45) is 0 Å². The van der Waals surface area contributed by atoms with E-state index < -0.39 is 20.1 Å². The average Bonchev–Trinajstić information content (AvgIpc) is 2.92. The van der Waals surface area contributed by atoms with Gasteiger partial charge in [-0.15, -0.1) is 0 Å². The summed E-state index contributed by atoms with van der Waals surface area (Å²) in [5.74, 6) is 0.532. The number of benzene rings is 1. The van der Waals surface area contributed by atoms with E-state index in [2.05, 4.69) is 0 Å². The third-order valence-electron chi connectivity index (χ3n) is 2.56. The minimum atomic E-state index is -4.44. The molecule has 10 heteroatoms. The zero-order valence-corrected chi connectivity index (χ0v) is 15.6. The molecule has 0 radical (unpaired) electrons. The Morgan fingerprint density at radius 3 is 2.25 bits per heavy atom. The summed E-state index contributed by atoms with van der Waals surface area (Å²) in [4.78, 5) is -0.310. The van der Waals surface area contributed by atoms with Gasteiger partial charge in [-0.1, -0.05) is 0 Å². The summed E-state index contributed by atoms with van der Waals surface area (Å²) in [6, 6.07) is 5.12. The second-order valence-corrected chi connectivity index (χ2v) is 7.36. The summed E-state index contributed by atoms with van der Waals surface area (Å²) in [7, 11) is -7.39. The molecule has 0 aromatic heterocycles. The number of ether oxygens (including phenoxy) is 1. The van der Waals surface area contributed by atoms with Gasteiger partial charge in [0.25, 0.3) is 0 Å². The SMILES string of the molecule is O=S(=O)([O-])c1ccc(OCCCN2CS2(=O)=O)cc1.[K+]. The first-order chi connectivity index (χ1) is 8.79. The molecule has 1 atom stereocenters. The Morgan fingerprint density at radius 1 is 1.25 bits per heavy atom. The van der Waals surface area contributed by atoms with Gasteiger partial charge in [-0.25, -0.2) is 16.8 Å². The van der Waals surface area contributed by atoms with E-state index in [9.17, 15) is 21.4 Å². The molecule has 0 saturated carbocycles. The number of rotatable bonds is 6. The van der Waals surface area contributed by atoms with E-state index >= 15 is 0 Å². The molecule has 1 aromatic carbocycles. The van der Waals surface area contributed by atoms with E-state index in [4.69, 9.17) is 4.74 Å². The van der Waals surface area contributed by atoms with Gasteiger partial charge in [0.2, 0.25) is 10.0 Å². The van der Waals surface area contributed by atoms with Crippen LogP contribution in [0, 0.1) is 0 Å². The quantitative estimate of drug-likeness (QED) is 0.235. The van der Waals surface area contributed by atoms with E-state index in [1.165, 1.54) is 28.6 Å². The zero-order chi connectivity index (χ0) is 14.1. The van der Waals surface area contributed by atoms with E-state index in [0.717, 1.165) is 0 Å². The Balaban J connectivity index is 0.00000200. The minimum absolute atomic E-state index is 0. The van der Waals surface area contributed by atoms with Crippen LogP contribution < -0.4 is 56.1 Å². The molecule has 0 spiro atoms. The van der Waals surface area contributed by atoms with Crippen molar-refractivity contribution in [1.82, 2.24) is 4.31 Å². The zero-order valence-electron chi connectivity index (χ0n) is 10.9. The molecule has 0 amide bonds. The van der Waals surface area contributed by atoms with Crippen molar-refractivity contribution in [3.05, 3.63) is 24.3 Å². The van der Waals surface area contributed by atoms with Crippen molar-refractivity contribution in [1.29, 1.82) is 0 Å². The fourth-order valence-corrected chi connectivity index (χ4v) is 3.08. The minimum Gasteiger partial charge on any atom is -0.744 e. The van der Waals surface area contributed by atoms with Crippen LogP contribution >= 0.6 is 0 Å². The molecule has 1 unspecified atom stereocenters. The van der Waals surface area contributed by atoms with E-state index in [1.807, 2.05) is 0 Å². The fourth-order valence-electron chi connectivity index (χ4n) is 1.50. The van der Waals surface area contributed by atoms with Crippen LogP contribution in [0.5, 0.6) is 5.75 Å². The first-order valence-electron chi connectivity index (χ1n) is 5.46. The largest absolute Gasteiger partial charge is 1.00 e. The van der Waals surface area contributed by atoms with Crippen LogP contribution in [0.2, 0.25) is 0 Å². The van der Waals surface area contributed by atoms with Gasteiger partial charge in [-0.3, -0.25) is 0 Å². The molecule has 1 heterocycles. The molecule has 20 heavy (non-hydrogen) atoms. The van der Waals surface area contributed by atoms with Crippen molar-refractivity contribution >= 4 is 20.1 Å². The van der Waals surface area contributed by atoms with Crippen LogP contribution in [0.3, 0.4) is 0 Å². The average molecular weight is 345 g/mol. The van der Waals surface area contributed by atoms with E-state index in [1.54, 1.807) is 0 Å². The molecule has 1 saturated heterocycles. The number of hydrogen-bond donors (Lipinski definition) is 0. The van der Waals surface area contributed by atoms with E-state index in [-0.39, 0.29) is 62.2 Å². The maximum Gasteiger partial charge on any atom is 1.00 e. The standard InChI is InChI=1S/C10H13NO6S2.K/c12-18(13)8-11(18)6-1-7-17-9-2-4-10(5-3-9)19(14,15)16;/h2-5H,1,6-8H2,(H,14,15,16);/q;+1/p-1. The second kappa shape index (κ2) is 7.16. The number of hydrogen-bond acceptors (Lipinski definition) is 6. The van der Waals surface area contributed by atoms with Crippen LogP contribution in [0.25, 0.3) is 0 Å². The Bertz CT molecular complexity index is 655. The maximum absolute atomic E-state index is 10.9. The fraction of sp³-hybridized carbons (Fsp3) is 0.400. The Hall–Kier alpha value is 0.476. The Labute approximate surface area is 160 Å². The molecular weight excluding hydrogens is 333 g/mol. The van der Waals surface area contributed by atoms with Gasteiger partial charge in [-0.05, 0) is 30.7 Å². The third-order valence-corrected chi connectivity index (χ3v) is 4.85. The van der Waals surface area contributed by atoms with Gasteiger partial charge in [0.15, 0.2) is 0 Å². The smallest absolute Gasteiger partial charge is 0.744 e. The molecule has 7 nitrogen and oxygen atoms in total. The molecule has 2 rings (SSSR count). The summed E-state index contributed by atoms with van der Waals surface area (Å²) in [6.45, 7) is 0.727. The Morgan fingerprint density at radius 2 is 1.80 bits per heavy atom. The van der Waals surface area contributed by atoms with Crippen LogP contribution in [-0.4, -0.2) is 44.7 Å². The van der Waals surface area contributed by atoms with Crippen LogP contribution in [-0.2, 0) is 20.1 Å². The summed E-state index contributed by atoms with van der Waals surface area (Å²) < 4.78 is 60.4.